The molecule has 0 spiro atoms. The Bertz CT molecular complexity index is 571. The summed E-state index contributed by atoms with van der Waals surface area (Å²) in [5.74, 6) is 2.59. The minimum Gasteiger partial charge on any atom is -0.497 e. The number of rotatable bonds is 4. The van der Waals surface area contributed by atoms with E-state index in [0.29, 0.717) is 6.61 Å². The summed E-state index contributed by atoms with van der Waals surface area (Å²) >= 11 is 0. The number of methoxy groups -OCH3 is 1. The van der Waals surface area contributed by atoms with Gasteiger partial charge >= 0.3 is 0 Å². The first-order valence-electron chi connectivity index (χ1n) is 6.70. The van der Waals surface area contributed by atoms with Gasteiger partial charge < -0.3 is 14.8 Å². The molecule has 0 saturated carbocycles. The Morgan fingerprint density at radius 3 is 3.15 bits per heavy atom. The van der Waals surface area contributed by atoms with E-state index in [4.69, 9.17) is 9.47 Å². The fourth-order valence-corrected chi connectivity index (χ4v) is 2.48. The number of hydrogen-bond donors (Lipinski definition) is 2. The molecule has 1 aliphatic heterocycles. The van der Waals surface area contributed by atoms with Gasteiger partial charge in [-0.1, -0.05) is 0 Å². The van der Waals surface area contributed by atoms with Gasteiger partial charge in [-0.15, -0.1) is 0 Å². The summed E-state index contributed by atoms with van der Waals surface area (Å²) in [5.41, 5.74) is 1.13. The molecule has 2 aromatic rings. The largest absolute Gasteiger partial charge is 0.497 e. The summed E-state index contributed by atoms with van der Waals surface area (Å²) in [5, 5.41) is 10.3. The first kappa shape index (κ1) is 12.9. The predicted molar refractivity (Wildman–Crippen MR) is 73.8 cm³/mol. The number of ether oxygens (including phenoxy) is 2. The average molecular weight is 274 g/mol. The fourth-order valence-electron chi connectivity index (χ4n) is 2.48. The number of hydrogen-bond acceptors (Lipinski definition) is 5. The maximum absolute atomic E-state index is 5.69. The van der Waals surface area contributed by atoms with Crippen molar-refractivity contribution in [3.05, 3.63) is 35.9 Å². The standard InChI is InChI=1S/C14H18N4O2/c1-9(14-15-8-16-18-14)17-12-5-6-20-13-4-3-10(19-2)7-11(12)13/h3-4,7-9,12,17H,5-6H2,1-2H3,(H,15,16,18). The predicted octanol–water partition coefficient (Wildman–Crippen LogP) is 1.99. The second-order valence-corrected chi connectivity index (χ2v) is 4.85. The molecule has 0 aliphatic carbocycles. The van der Waals surface area contributed by atoms with E-state index in [-0.39, 0.29) is 12.1 Å². The quantitative estimate of drug-likeness (QED) is 0.892. The lowest BCUT2D eigenvalue weighted by Gasteiger charge is -2.29. The minimum atomic E-state index is 0.0969. The molecule has 0 saturated heterocycles. The van der Waals surface area contributed by atoms with Gasteiger partial charge in [-0.25, -0.2) is 4.98 Å². The Hall–Kier alpha value is -2.08. The number of H-pyrrole nitrogens is 1. The molecular weight excluding hydrogens is 256 g/mol. The Balaban J connectivity index is 1.82. The van der Waals surface area contributed by atoms with Crippen LogP contribution in [-0.2, 0) is 0 Å². The number of fused-ring (bicyclic) bond motifs is 1. The second-order valence-electron chi connectivity index (χ2n) is 4.85. The van der Waals surface area contributed by atoms with Crippen molar-refractivity contribution in [3.63, 3.8) is 0 Å². The topological polar surface area (TPSA) is 72.1 Å². The van der Waals surface area contributed by atoms with E-state index in [2.05, 4.69) is 27.4 Å². The molecule has 6 heteroatoms. The number of aromatic nitrogens is 3. The lowest BCUT2D eigenvalue weighted by atomic mass is 9.99. The molecule has 106 valence electrons. The van der Waals surface area contributed by atoms with Crippen molar-refractivity contribution < 1.29 is 9.47 Å². The fraction of sp³-hybridized carbons (Fsp3) is 0.429. The highest BCUT2D eigenvalue weighted by molar-refractivity contribution is 5.43. The Morgan fingerprint density at radius 2 is 2.40 bits per heavy atom. The first-order valence-corrected chi connectivity index (χ1v) is 6.70. The molecule has 3 rings (SSSR count). The van der Waals surface area contributed by atoms with E-state index in [1.165, 1.54) is 6.33 Å². The molecule has 1 aromatic heterocycles. The third-order valence-corrected chi connectivity index (χ3v) is 3.55. The third kappa shape index (κ3) is 2.46. The second kappa shape index (κ2) is 5.50. The monoisotopic (exact) mass is 274 g/mol. The molecule has 6 nitrogen and oxygen atoms in total. The lowest BCUT2D eigenvalue weighted by Crippen LogP contribution is -2.29. The van der Waals surface area contributed by atoms with Gasteiger partial charge in [0.1, 0.15) is 23.7 Å². The molecule has 20 heavy (non-hydrogen) atoms. The van der Waals surface area contributed by atoms with Gasteiger partial charge in [0.25, 0.3) is 0 Å². The lowest BCUT2D eigenvalue weighted by molar-refractivity contribution is 0.244. The van der Waals surface area contributed by atoms with E-state index in [0.717, 1.165) is 29.3 Å². The van der Waals surface area contributed by atoms with E-state index < -0.39 is 0 Å². The Labute approximate surface area is 117 Å². The highest BCUT2D eigenvalue weighted by Gasteiger charge is 2.24. The van der Waals surface area contributed by atoms with Gasteiger partial charge in [-0.3, -0.25) is 5.10 Å². The summed E-state index contributed by atoms with van der Waals surface area (Å²) in [6, 6.07) is 6.22. The van der Waals surface area contributed by atoms with Crippen LogP contribution in [0.1, 0.15) is 36.8 Å². The van der Waals surface area contributed by atoms with Crippen LogP contribution < -0.4 is 14.8 Å². The van der Waals surface area contributed by atoms with Crippen molar-refractivity contribution >= 4 is 0 Å². The maximum atomic E-state index is 5.69. The van der Waals surface area contributed by atoms with Crippen molar-refractivity contribution in [2.45, 2.75) is 25.4 Å². The molecule has 2 heterocycles. The SMILES string of the molecule is COc1ccc2c(c1)C(NC(C)c1ncn[nH]1)CCO2. The van der Waals surface area contributed by atoms with Gasteiger partial charge in [0.15, 0.2) is 0 Å². The van der Waals surface area contributed by atoms with E-state index >= 15 is 0 Å². The highest BCUT2D eigenvalue weighted by atomic mass is 16.5. The van der Waals surface area contributed by atoms with Crippen LogP contribution in [0.3, 0.4) is 0 Å². The summed E-state index contributed by atoms with van der Waals surface area (Å²) in [4.78, 5) is 4.19. The molecule has 0 radical (unpaired) electrons. The number of benzene rings is 1. The van der Waals surface area contributed by atoms with Crippen LogP contribution in [0.5, 0.6) is 11.5 Å². The van der Waals surface area contributed by atoms with Crippen molar-refractivity contribution in [1.82, 2.24) is 20.5 Å². The molecule has 2 N–H and O–H groups in total. The number of nitrogens with one attached hydrogen (secondary N) is 2. The zero-order valence-corrected chi connectivity index (χ0v) is 11.6. The minimum absolute atomic E-state index is 0.0969. The summed E-state index contributed by atoms with van der Waals surface area (Å²) < 4.78 is 11.0. The molecule has 2 unspecified atom stereocenters. The van der Waals surface area contributed by atoms with E-state index in [1.54, 1.807) is 7.11 Å². The van der Waals surface area contributed by atoms with Crippen molar-refractivity contribution in [2.24, 2.45) is 0 Å². The zero-order valence-electron chi connectivity index (χ0n) is 11.6. The van der Waals surface area contributed by atoms with Crippen LogP contribution in [0.4, 0.5) is 0 Å². The molecule has 2 atom stereocenters. The van der Waals surface area contributed by atoms with Gasteiger partial charge in [0, 0.05) is 18.0 Å². The smallest absolute Gasteiger partial charge is 0.141 e. The molecule has 1 aromatic carbocycles. The van der Waals surface area contributed by atoms with E-state index in [1.807, 2.05) is 18.2 Å². The van der Waals surface area contributed by atoms with Crippen LogP contribution >= 0.6 is 0 Å². The summed E-state index contributed by atoms with van der Waals surface area (Å²) in [6.45, 7) is 2.77. The molecule has 1 aliphatic rings. The Morgan fingerprint density at radius 1 is 1.50 bits per heavy atom. The molecular formula is C14H18N4O2. The molecule has 0 amide bonds. The van der Waals surface area contributed by atoms with Crippen LogP contribution in [-0.4, -0.2) is 28.9 Å². The number of aromatic amines is 1. The van der Waals surface area contributed by atoms with Gasteiger partial charge in [-0.2, -0.15) is 5.10 Å². The molecule has 0 fully saturated rings. The maximum Gasteiger partial charge on any atom is 0.141 e. The average Bonchev–Trinajstić information content (AvgIpc) is 3.01. The van der Waals surface area contributed by atoms with Crippen molar-refractivity contribution in [1.29, 1.82) is 0 Å². The molecule has 0 bridgehead atoms. The van der Waals surface area contributed by atoms with Crippen LogP contribution in [0.15, 0.2) is 24.5 Å². The van der Waals surface area contributed by atoms with E-state index in [9.17, 15) is 0 Å². The first-order chi connectivity index (χ1) is 9.78. The van der Waals surface area contributed by atoms with Gasteiger partial charge in [0.05, 0.1) is 19.8 Å². The highest BCUT2D eigenvalue weighted by Crippen LogP contribution is 2.35. The normalized spacial score (nSPS) is 19.0. The van der Waals surface area contributed by atoms with Gasteiger partial charge in [0.2, 0.25) is 0 Å². The third-order valence-electron chi connectivity index (χ3n) is 3.55. The van der Waals surface area contributed by atoms with Crippen molar-refractivity contribution in [2.75, 3.05) is 13.7 Å². The zero-order chi connectivity index (χ0) is 13.9. The van der Waals surface area contributed by atoms with Gasteiger partial charge in [-0.05, 0) is 25.1 Å². The van der Waals surface area contributed by atoms with Crippen LogP contribution in [0.2, 0.25) is 0 Å². The van der Waals surface area contributed by atoms with Crippen LogP contribution in [0, 0.1) is 0 Å². The summed E-state index contributed by atoms with van der Waals surface area (Å²) in [6.07, 6.45) is 2.44. The van der Waals surface area contributed by atoms with Crippen molar-refractivity contribution in [3.8, 4) is 11.5 Å². The van der Waals surface area contributed by atoms with Crippen LogP contribution in [0.25, 0.3) is 0 Å². The Kier molecular flexibility index (Phi) is 3.56. The summed E-state index contributed by atoms with van der Waals surface area (Å²) in [7, 11) is 1.67. The number of nitrogens with zero attached hydrogens (tertiary/aromatic N) is 2.